The topological polar surface area (TPSA) is 37.3 Å². The second kappa shape index (κ2) is 6.57. The van der Waals surface area contributed by atoms with Gasteiger partial charge < -0.3 is 5.11 Å². The summed E-state index contributed by atoms with van der Waals surface area (Å²) in [6.07, 6.45) is 0.684. The number of rotatable bonds is 3. The number of hydrogen-bond donors (Lipinski definition) is 1. The Labute approximate surface area is 108 Å². The van der Waals surface area contributed by atoms with Crippen LogP contribution in [0.25, 0.3) is 0 Å². The summed E-state index contributed by atoms with van der Waals surface area (Å²) in [7, 11) is 0. The zero-order valence-corrected chi connectivity index (χ0v) is 10.8. The lowest BCUT2D eigenvalue weighted by Gasteiger charge is -2.01. The SMILES string of the molecule is O=C(O)Cc1cc(C#CCCBr)ccc1Cl. The Morgan fingerprint density at radius 1 is 1.50 bits per heavy atom. The predicted molar refractivity (Wildman–Crippen MR) is 68.1 cm³/mol. The van der Waals surface area contributed by atoms with Gasteiger partial charge in [-0.05, 0) is 23.8 Å². The fraction of sp³-hybridized carbons (Fsp3) is 0.250. The van der Waals surface area contributed by atoms with E-state index in [0.717, 1.165) is 17.3 Å². The Hall–Kier alpha value is -0.980. The van der Waals surface area contributed by atoms with Gasteiger partial charge in [0.2, 0.25) is 0 Å². The Morgan fingerprint density at radius 3 is 2.88 bits per heavy atom. The second-order valence-electron chi connectivity index (χ2n) is 3.12. The Morgan fingerprint density at radius 2 is 2.25 bits per heavy atom. The van der Waals surface area contributed by atoms with E-state index in [1.807, 2.05) is 0 Å². The van der Waals surface area contributed by atoms with Gasteiger partial charge in [0, 0.05) is 22.3 Å². The maximum absolute atomic E-state index is 10.6. The monoisotopic (exact) mass is 300 g/mol. The summed E-state index contributed by atoms with van der Waals surface area (Å²) in [6, 6.07) is 5.19. The second-order valence-corrected chi connectivity index (χ2v) is 4.32. The smallest absolute Gasteiger partial charge is 0.307 e. The molecule has 0 heterocycles. The van der Waals surface area contributed by atoms with Crippen molar-refractivity contribution in [3.8, 4) is 11.8 Å². The van der Waals surface area contributed by atoms with Gasteiger partial charge in [0.15, 0.2) is 0 Å². The van der Waals surface area contributed by atoms with Crippen molar-refractivity contribution in [2.75, 3.05) is 5.33 Å². The zero-order valence-electron chi connectivity index (χ0n) is 8.46. The van der Waals surface area contributed by atoms with E-state index in [-0.39, 0.29) is 6.42 Å². The molecule has 0 radical (unpaired) electrons. The van der Waals surface area contributed by atoms with Crippen LogP contribution < -0.4 is 0 Å². The molecule has 16 heavy (non-hydrogen) atoms. The molecule has 0 bridgehead atoms. The van der Waals surface area contributed by atoms with Crippen molar-refractivity contribution in [2.45, 2.75) is 12.8 Å². The molecule has 84 valence electrons. The van der Waals surface area contributed by atoms with Crippen molar-refractivity contribution in [3.05, 3.63) is 34.3 Å². The first kappa shape index (κ1) is 13.1. The van der Waals surface area contributed by atoms with E-state index in [2.05, 4.69) is 27.8 Å². The molecule has 1 aromatic rings. The quantitative estimate of drug-likeness (QED) is 0.688. The van der Waals surface area contributed by atoms with Crippen LogP contribution in [0.2, 0.25) is 5.02 Å². The zero-order chi connectivity index (χ0) is 12.0. The highest BCUT2D eigenvalue weighted by Crippen LogP contribution is 2.17. The number of carbonyl (C=O) groups is 1. The highest BCUT2D eigenvalue weighted by molar-refractivity contribution is 9.09. The van der Waals surface area contributed by atoms with Crippen LogP contribution >= 0.6 is 27.5 Å². The highest BCUT2D eigenvalue weighted by Gasteiger charge is 2.05. The number of aliphatic carboxylic acids is 1. The standard InChI is InChI=1S/C12H10BrClO2/c13-6-2-1-3-9-4-5-11(14)10(7-9)8-12(15)16/h4-5,7H,2,6,8H2,(H,15,16). The molecule has 0 atom stereocenters. The molecule has 0 unspecified atom stereocenters. The Kier molecular flexibility index (Phi) is 5.37. The molecule has 1 N–H and O–H groups in total. The van der Waals surface area contributed by atoms with E-state index in [9.17, 15) is 4.79 Å². The van der Waals surface area contributed by atoms with Gasteiger partial charge in [-0.25, -0.2) is 0 Å². The van der Waals surface area contributed by atoms with E-state index >= 15 is 0 Å². The molecule has 0 saturated carbocycles. The third kappa shape index (κ3) is 4.26. The first-order chi connectivity index (χ1) is 7.63. The van der Waals surface area contributed by atoms with Crippen LogP contribution in [-0.2, 0) is 11.2 Å². The average Bonchev–Trinajstić information content (AvgIpc) is 2.22. The van der Waals surface area contributed by atoms with Crippen molar-refractivity contribution < 1.29 is 9.90 Å². The van der Waals surface area contributed by atoms with E-state index in [4.69, 9.17) is 16.7 Å². The number of alkyl halides is 1. The van der Waals surface area contributed by atoms with Gasteiger partial charge in [0.25, 0.3) is 0 Å². The number of benzene rings is 1. The van der Waals surface area contributed by atoms with Crippen molar-refractivity contribution >= 4 is 33.5 Å². The van der Waals surface area contributed by atoms with Crippen LogP contribution in [0.5, 0.6) is 0 Å². The van der Waals surface area contributed by atoms with Gasteiger partial charge in [0.1, 0.15) is 0 Å². The fourth-order valence-corrected chi connectivity index (χ4v) is 1.55. The summed E-state index contributed by atoms with van der Waals surface area (Å²) >= 11 is 9.16. The molecule has 0 aliphatic rings. The van der Waals surface area contributed by atoms with Crippen LogP contribution in [0.1, 0.15) is 17.5 Å². The number of carboxylic acids is 1. The van der Waals surface area contributed by atoms with Crippen LogP contribution in [0.4, 0.5) is 0 Å². The number of carboxylic acid groups (broad SMARTS) is 1. The van der Waals surface area contributed by atoms with Gasteiger partial charge in [-0.2, -0.15) is 0 Å². The van der Waals surface area contributed by atoms with Crippen LogP contribution in [0, 0.1) is 11.8 Å². The largest absolute Gasteiger partial charge is 0.481 e. The molecule has 1 aromatic carbocycles. The molecule has 0 aromatic heterocycles. The maximum Gasteiger partial charge on any atom is 0.307 e. The lowest BCUT2D eigenvalue weighted by atomic mass is 10.1. The molecule has 2 nitrogen and oxygen atoms in total. The van der Waals surface area contributed by atoms with Gasteiger partial charge in [-0.3, -0.25) is 4.79 Å². The third-order valence-corrected chi connectivity index (χ3v) is 2.60. The lowest BCUT2D eigenvalue weighted by Crippen LogP contribution is -2.00. The summed E-state index contributed by atoms with van der Waals surface area (Å²) in [5.41, 5.74) is 1.39. The molecule has 0 amide bonds. The van der Waals surface area contributed by atoms with Gasteiger partial charge in [-0.1, -0.05) is 39.4 Å². The van der Waals surface area contributed by atoms with Crippen molar-refractivity contribution in [2.24, 2.45) is 0 Å². The third-order valence-electron chi connectivity index (χ3n) is 1.84. The lowest BCUT2D eigenvalue weighted by molar-refractivity contribution is -0.136. The molecule has 0 aliphatic heterocycles. The molecule has 1 rings (SSSR count). The fourth-order valence-electron chi connectivity index (χ4n) is 1.16. The summed E-state index contributed by atoms with van der Waals surface area (Å²) < 4.78 is 0. The summed E-state index contributed by atoms with van der Waals surface area (Å²) in [6.45, 7) is 0. The molecule has 0 fully saturated rings. The molecular weight excluding hydrogens is 291 g/mol. The normalized spacial score (nSPS) is 9.38. The maximum atomic E-state index is 10.6. The molecule has 0 saturated heterocycles. The first-order valence-corrected chi connectivity index (χ1v) is 6.18. The number of hydrogen-bond acceptors (Lipinski definition) is 1. The molecule has 0 aliphatic carbocycles. The summed E-state index contributed by atoms with van der Waals surface area (Å²) in [4.78, 5) is 10.6. The van der Waals surface area contributed by atoms with Crippen LogP contribution in [0.15, 0.2) is 18.2 Å². The first-order valence-electron chi connectivity index (χ1n) is 4.68. The Bertz CT molecular complexity index is 446. The highest BCUT2D eigenvalue weighted by atomic mass is 79.9. The van der Waals surface area contributed by atoms with E-state index < -0.39 is 5.97 Å². The molecule has 4 heteroatoms. The van der Waals surface area contributed by atoms with Crippen LogP contribution in [-0.4, -0.2) is 16.4 Å². The van der Waals surface area contributed by atoms with Crippen LogP contribution in [0.3, 0.4) is 0 Å². The molecular formula is C12H10BrClO2. The van der Waals surface area contributed by atoms with Crippen molar-refractivity contribution in [1.29, 1.82) is 0 Å². The van der Waals surface area contributed by atoms with Gasteiger partial charge in [0.05, 0.1) is 6.42 Å². The van der Waals surface area contributed by atoms with E-state index in [1.165, 1.54) is 0 Å². The summed E-state index contributed by atoms with van der Waals surface area (Å²) in [5, 5.41) is 9.99. The van der Waals surface area contributed by atoms with E-state index in [0.29, 0.717) is 10.6 Å². The van der Waals surface area contributed by atoms with E-state index in [1.54, 1.807) is 18.2 Å². The minimum absolute atomic E-state index is 0.0766. The van der Waals surface area contributed by atoms with Crippen molar-refractivity contribution in [3.63, 3.8) is 0 Å². The van der Waals surface area contributed by atoms with Gasteiger partial charge in [-0.15, -0.1) is 0 Å². The van der Waals surface area contributed by atoms with Crippen molar-refractivity contribution in [1.82, 2.24) is 0 Å². The minimum Gasteiger partial charge on any atom is -0.481 e. The minimum atomic E-state index is -0.896. The predicted octanol–water partition coefficient (Wildman–Crippen LogP) is 3.10. The average molecular weight is 302 g/mol. The Balaban J connectivity index is 2.90. The number of halogens is 2. The molecule has 0 spiro atoms. The van der Waals surface area contributed by atoms with Gasteiger partial charge >= 0.3 is 5.97 Å². The summed E-state index contributed by atoms with van der Waals surface area (Å²) in [5.74, 6) is 5.02.